The van der Waals surface area contributed by atoms with Crippen molar-refractivity contribution in [2.45, 2.75) is 26.3 Å². The first-order chi connectivity index (χ1) is 8.61. The maximum Gasteiger partial charge on any atom is 0.0951 e. The molecule has 0 fully saturated rings. The molecule has 5 heteroatoms. The second-order valence-corrected chi connectivity index (χ2v) is 5.01. The van der Waals surface area contributed by atoms with E-state index in [2.05, 4.69) is 28.5 Å². The van der Waals surface area contributed by atoms with E-state index in [1.807, 2.05) is 36.5 Å². The topological polar surface area (TPSA) is 61.7 Å². The van der Waals surface area contributed by atoms with Crippen LogP contribution in [-0.4, -0.2) is 25.9 Å². The summed E-state index contributed by atoms with van der Waals surface area (Å²) in [6, 6.07) is 2.02. The number of nitrogens with zero attached hydrogens (tertiary/aromatic N) is 4. The first-order valence-corrected chi connectivity index (χ1v) is 6.30. The Morgan fingerprint density at radius 3 is 2.72 bits per heavy atom. The van der Waals surface area contributed by atoms with E-state index in [4.69, 9.17) is 5.73 Å². The average molecular weight is 247 g/mol. The minimum Gasteiger partial charge on any atom is -0.330 e. The van der Waals surface area contributed by atoms with Crippen molar-refractivity contribution in [2.24, 2.45) is 18.7 Å². The van der Waals surface area contributed by atoms with Gasteiger partial charge in [-0.1, -0.05) is 13.8 Å². The SMILES string of the molecule is CC(C)C(CN)c1cncn1Cc1ccn(C)n1. The zero-order chi connectivity index (χ0) is 13.1. The van der Waals surface area contributed by atoms with Crippen LogP contribution in [-0.2, 0) is 13.6 Å². The van der Waals surface area contributed by atoms with Gasteiger partial charge < -0.3 is 10.3 Å². The number of aromatic nitrogens is 4. The molecule has 1 unspecified atom stereocenters. The molecule has 2 aromatic rings. The molecule has 5 nitrogen and oxygen atoms in total. The Kier molecular flexibility index (Phi) is 3.81. The summed E-state index contributed by atoms with van der Waals surface area (Å²) in [6.45, 7) is 5.77. The van der Waals surface area contributed by atoms with Crippen molar-refractivity contribution >= 4 is 0 Å². The normalized spacial score (nSPS) is 13.2. The van der Waals surface area contributed by atoms with Gasteiger partial charge in [0.05, 0.1) is 18.6 Å². The highest BCUT2D eigenvalue weighted by atomic mass is 15.3. The smallest absolute Gasteiger partial charge is 0.0951 e. The minimum atomic E-state index is 0.344. The second kappa shape index (κ2) is 5.35. The summed E-state index contributed by atoms with van der Waals surface area (Å²) < 4.78 is 3.95. The zero-order valence-electron chi connectivity index (χ0n) is 11.2. The number of hydrogen-bond acceptors (Lipinski definition) is 3. The minimum absolute atomic E-state index is 0.344. The first kappa shape index (κ1) is 12.8. The van der Waals surface area contributed by atoms with E-state index in [0.717, 1.165) is 12.2 Å². The van der Waals surface area contributed by atoms with Gasteiger partial charge >= 0.3 is 0 Å². The highest BCUT2D eigenvalue weighted by Gasteiger charge is 2.18. The Morgan fingerprint density at radius 1 is 1.39 bits per heavy atom. The summed E-state index contributed by atoms with van der Waals surface area (Å²) >= 11 is 0. The number of nitrogens with two attached hydrogens (primary N) is 1. The Labute approximate surface area is 108 Å². The van der Waals surface area contributed by atoms with E-state index < -0.39 is 0 Å². The molecule has 0 aliphatic carbocycles. The van der Waals surface area contributed by atoms with Gasteiger partial charge in [-0.25, -0.2) is 4.98 Å². The van der Waals surface area contributed by atoms with E-state index in [-0.39, 0.29) is 0 Å². The molecule has 0 aliphatic heterocycles. The fourth-order valence-corrected chi connectivity index (χ4v) is 2.23. The summed E-state index contributed by atoms with van der Waals surface area (Å²) in [5, 5.41) is 4.39. The molecule has 0 saturated carbocycles. The van der Waals surface area contributed by atoms with Gasteiger partial charge in [-0.3, -0.25) is 4.68 Å². The molecule has 2 heterocycles. The van der Waals surface area contributed by atoms with Gasteiger partial charge in [0.1, 0.15) is 0 Å². The molecule has 18 heavy (non-hydrogen) atoms. The van der Waals surface area contributed by atoms with Gasteiger partial charge in [0.15, 0.2) is 0 Å². The monoisotopic (exact) mass is 247 g/mol. The van der Waals surface area contributed by atoms with Crippen LogP contribution in [0.2, 0.25) is 0 Å². The number of aryl methyl sites for hydroxylation is 1. The molecule has 2 aromatic heterocycles. The van der Waals surface area contributed by atoms with Crippen LogP contribution in [0.3, 0.4) is 0 Å². The van der Waals surface area contributed by atoms with Gasteiger partial charge in [-0.15, -0.1) is 0 Å². The highest BCUT2D eigenvalue weighted by molar-refractivity contribution is 5.11. The highest BCUT2D eigenvalue weighted by Crippen LogP contribution is 2.23. The number of rotatable bonds is 5. The van der Waals surface area contributed by atoms with E-state index in [9.17, 15) is 0 Å². The molecule has 98 valence electrons. The molecular formula is C13H21N5. The first-order valence-electron chi connectivity index (χ1n) is 6.30. The van der Waals surface area contributed by atoms with Crippen molar-refractivity contribution in [1.29, 1.82) is 0 Å². The van der Waals surface area contributed by atoms with Crippen LogP contribution in [0.4, 0.5) is 0 Å². The third kappa shape index (κ3) is 2.61. The third-order valence-electron chi connectivity index (χ3n) is 3.28. The summed E-state index contributed by atoms with van der Waals surface area (Å²) in [7, 11) is 1.93. The molecule has 0 spiro atoms. The van der Waals surface area contributed by atoms with Crippen LogP contribution in [0.5, 0.6) is 0 Å². The molecule has 2 rings (SSSR count). The number of hydrogen-bond donors (Lipinski definition) is 1. The van der Waals surface area contributed by atoms with Crippen LogP contribution in [0.15, 0.2) is 24.8 Å². The van der Waals surface area contributed by atoms with Gasteiger partial charge in [0.25, 0.3) is 0 Å². The second-order valence-electron chi connectivity index (χ2n) is 5.01. The zero-order valence-corrected chi connectivity index (χ0v) is 11.2. The maximum absolute atomic E-state index is 5.87. The molecule has 1 atom stereocenters. The Bertz CT molecular complexity index is 497. The largest absolute Gasteiger partial charge is 0.330 e. The van der Waals surface area contributed by atoms with Crippen LogP contribution < -0.4 is 5.73 Å². The van der Waals surface area contributed by atoms with Gasteiger partial charge in [-0.05, 0) is 12.0 Å². The van der Waals surface area contributed by atoms with Crippen LogP contribution in [0.25, 0.3) is 0 Å². The van der Waals surface area contributed by atoms with Gasteiger partial charge in [0.2, 0.25) is 0 Å². The fraction of sp³-hybridized carbons (Fsp3) is 0.538. The lowest BCUT2D eigenvalue weighted by molar-refractivity contribution is 0.477. The molecular weight excluding hydrogens is 226 g/mol. The summed E-state index contributed by atoms with van der Waals surface area (Å²) in [6.07, 6.45) is 5.73. The summed E-state index contributed by atoms with van der Waals surface area (Å²) in [5.41, 5.74) is 8.10. The molecule has 0 amide bonds. The van der Waals surface area contributed by atoms with Crippen molar-refractivity contribution in [3.8, 4) is 0 Å². The van der Waals surface area contributed by atoms with Crippen molar-refractivity contribution in [2.75, 3.05) is 6.54 Å². The van der Waals surface area contributed by atoms with Crippen molar-refractivity contribution < 1.29 is 0 Å². The predicted octanol–water partition coefficient (Wildman–Crippen LogP) is 1.36. The maximum atomic E-state index is 5.87. The standard InChI is InChI=1S/C13H21N5/c1-10(2)12(6-14)13-7-15-9-18(13)8-11-4-5-17(3)16-11/h4-5,7,9-10,12H,6,8,14H2,1-3H3. The molecule has 0 aromatic carbocycles. The van der Waals surface area contributed by atoms with Crippen molar-refractivity contribution in [3.05, 3.63) is 36.2 Å². The third-order valence-corrected chi connectivity index (χ3v) is 3.28. The van der Waals surface area contributed by atoms with Crippen molar-refractivity contribution in [3.63, 3.8) is 0 Å². The van der Waals surface area contributed by atoms with Crippen LogP contribution in [0, 0.1) is 5.92 Å². The average Bonchev–Trinajstić information content (AvgIpc) is 2.90. The van der Waals surface area contributed by atoms with Crippen LogP contribution in [0.1, 0.15) is 31.2 Å². The predicted molar refractivity (Wildman–Crippen MR) is 71.2 cm³/mol. The number of imidazole rings is 1. The Balaban J connectivity index is 2.22. The van der Waals surface area contributed by atoms with E-state index in [1.54, 1.807) is 0 Å². The quantitative estimate of drug-likeness (QED) is 0.868. The molecule has 0 bridgehead atoms. The van der Waals surface area contributed by atoms with Gasteiger partial charge in [0, 0.05) is 37.6 Å². The van der Waals surface area contributed by atoms with E-state index >= 15 is 0 Å². The van der Waals surface area contributed by atoms with Gasteiger partial charge in [-0.2, -0.15) is 5.10 Å². The Hall–Kier alpha value is -1.62. The van der Waals surface area contributed by atoms with Crippen LogP contribution >= 0.6 is 0 Å². The lowest BCUT2D eigenvalue weighted by Crippen LogP contribution is -2.21. The van der Waals surface area contributed by atoms with E-state index in [1.165, 1.54) is 5.69 Å². The molecule has 2 N–H and O–H groups in total. The van der Waals surface area contributed by atoms with E-state index in [0.29, 0.717) is 18.4 Å². The lowest BCUT2D eigenvalue weighted by atomic mass is 9.93. The molecule has 0 aliphatic rings. The fourth-order valence-electron chi connectivity index (χ4n) is 2.23. The summed E-state index contributed by atoms with van der Waals surface area (Å²) in [4.78, 5) is 4.25. The molecule has 0 radical (unpaired) electrons. The molecule has 0 saturated heterocycles. The summed E-state index contributed by atoms with van der Waals surface area (Å²) in [5.74, 6) is 0.852. The lowest BCUT2D eigenvalue weighted by Gasteiger charge is -2.20. The Morgan fingerprint density at radius 2 is 2.17 bits per heavy atom. The van der Waals surface area contributed by atoms with Crippen molar-refractivity contribution in [1.82, 2.24) is 19.3 Å².